The van der Waals surface area contributed by atoms with E-state index in [0.29, 0.717) is 17.1 Å². The lowest BCUT2D eigenvalue weighted by atomic mass is 10.1. The molecule has 1 heterocycles. The second-order valence-corrected chi connectivity index (χ2v) is 5.56. The second kappa shape index (κ2) is 4.98. The molecular weight excluding hydrogens is 288 g/mol. The highest BCUT2D eigenvalue weighted by Gasteiger charge is 2.23. The number of hydrogen-bond acceptors (Lipinski definition) is 5. The topological polar surface area (TPSA) is 69.7 Å². The Morgan fingerprint density at radius 1 is 0.826 bits per heavy atom. The van der Waals surface area contributed by atoms with Crippen molar-refractivity contribution in [3.63, 3.8) is 0 Å². The highest BCUT2D eigenvalue weighted by atomic mass is 16.3. The summed E-state index contributed by atoms with van der Waals surface area (Å²) in [5, 5.41) is 28.8. The van der Waals surface area contributed by atoms with Crippen LogP contribution in [0.5, 0.6) is 5.75 Å². The molecule has 5 nitrogen and oxygen atoms in total. The average Bonchev–Trinajstić information content (AvgIpc) is 2.85. The van der Waals surface area contributed by atoms with Crippen molar-refractivity contribution in [3.8, 4) is 5.75 Å². The first-order chi connectivity index (χ1) is 11.2. The average molecular weight is 302 g/mol. The minimum Gasteiger partial charge on any atom is -0.504 e. The maximum absolute atomic E-state index is 10.3. The van der Waals surface area contributed by atoms with Gasteiger partial charge >= 0.3 is 0 Å². The molecule has 1 N–H and O–H groups in total. The molecule has 0 spiro atoms. The van der Waals surface area contributed by atoms with Crippen LogP contribution in [0.15, 0.2) is 62.9 Å². The van der Waals surface area contributed by atoms with E-state index in [4.69, 9.17) is 0 Å². The molecule has 0 saturated carbocycles. The first-order valence-electron chi connectivity index (χ1n) is 7.34. The molecule has 1 aliphatic heterocycles. The van der Waals surface area contributed by atoms with Crippen molar-refractivity contribution in [1.82, 2.24) is 0 Å². The van der Waals surface area contributed by atoms with Crippen LogP contribution in [-0.2, 0) is 0 Å². The molecule has 0 amide bonds. The van der Waals surface area contributed by atoms with Crippen LogP contribution in [0, 0.1) is 13.8 Å². The Kier molecular flexibility index (Phi) is 2.94. The van der Waals surface area contributed by atoms with Crippen LogP contribution in [0.2, 0.25) is 0 Å². The van der Waals surface area contributed by atoms with E-state index in [1.165, 1.54) is 0 Å². The molecule has 5 heteroatoms. The summed E-state index contributed by atoms with van der Waals surface area (Å²) >= 11 is 0. The number of phenols is 1. The van der Waals surface area contributed by atoms with Gasteiger partial charge in [-0.25, -0.2) is 0 Å². The summed E-state index contributed by atoms with van der Waals surface area (Å²) in [6.07, 6.45) is 0. The first kappa shape index (κ1) is 13.6. The zero-order valence-corrected chi connectivity index (χ0v) is 12.8. The highest BCUT2D eigenvalue weighted by Crippen LogP contribution is 2.55. The third kappa shape index (κ3) is 2.01. The summed E-state index contributed by atoms with van der Waals surface area (Å²) in [5.74, 6) is 0.0682. The van der Waals surface area contributed by atoms with Gasteiger partial charge in [-0.1, -0.05) is 36.4 Å². The molecule has 0 radical (unpaired) electrons. The zero-order valence-electron chi connectivity index (χ0n) is 12.8. The van der Waals surface area contributed by atoms with E-state index >= 15 is 0 Å². The molecule has 112 valence electrons. The van der Waals surface area contributed by atoms with Gasteiger partial charge in [0.25, 0.3) is 0 Å². The minimum absolute atomic E-state index is 0.0682. The molecule has 4 rings (SSSR count). The van der Waals surface area contributed by atoms with E-state index < -0.39 is 0 Å². The van der Waals surface area contributed by atoms with Crippen molar-refractivity contribution in [2.24, 2.45) is 20.5 Å². The Bertz CT molecular complexity index is 1010. The smallest absolute Gasteiger partial charge is 0.174 e. The largest absolute Gasteiger partial charge is 0.504 e. The Morgan fingerprint density at radius 3 is 2.39 bits per heavy atom. The molecule has 3 aromatic rings. The molecule has 3 aromatic carbocycles. The second-order valence-electron chi connectivity index (χ2n) is 5.56. The number of rotatable bonds is 2. The SMILES string of the molecule is Cc1cccc(N=Nc2c3c(O)c(c4ccccc24)N=N3)c1C. The van der Waals surface area contributed by atoms with Crippen molar-refractivity contribution in [1.29, 1.82) is 0 Å². The molecule has 2 bridgehead atoms. The molecule has 0 saturated heterocycles. The number of azo groups is 2. The van der Waals surface area contributed by atoms with Crippen molar-refractivity contribution in [2.75, 3.05) is 0 Å². The Hall–Kier alpha value is -3.08. The van der Waals surface area contributed by atoms with Gasteiger partial charge in [0.1, 0.15) is 11.4 Å². The van der Waals surface area contributed by atoms with Crippen LogP contribution in [0.4, 0.5) is 22.7 Å². The van der Waals surface area contributed by atoms with Gasteiger partial charge < -0.3 is 5.11 Å². The maximum atomic E-state index is 10.3. The van der Waals surface area contributed by atoms with Gasteiger partial charge in [-0.3, -0.25) is 0 Å². The summed E-state index contributed by atoms with van der Waals surface area (Å²) in [6.45, 7) is 4.05. The lowest BCUT2D eigenvalue weighted by Crippen LogP contribution is -1.80. The molecule has 0 aromatic heterocycles. The van der Waals surface area contributed by atoms with Gasteiger partial charge in [0.15, 0.2) is 11.4 Å². The fraction of sp³-hybridized carbons (Fsp3) is 0.111. The third-order valence-electron chi connectivity index (χ3n) is 4.19. The highest BCUT2D eigenvalue weighted by molar-refractivity contribution is 6.09. The van der Waals surface area contributed by atoms with Crippen molar-refractivity contribution < 1.29 is 5.11 Å². The minimum atomic E-state index is 0.0682. The molecular formula is C18H14N4O. The number of nitrogens with zero attached hydrogens (tertiary/aromatic N) is 4. The Balaban J connectivity index is 1.93. The van der Waals surface area contributed by atoms with Gasteiger partial charge in [-0.05, 0) is 31.0 Å². The van der Waals surface area contributed by atoms with Gasteiger partial charge in [0.05, 0.1) is 5.69 Å². The summed E-state index contributed by atoms with van der Waals surface area (Å²) in [7, 11) is 0. The lowest BCUT2D eigenvalue weighted by Gasteiger charge is -2.06. The van der Waals surface area contributed by atoms with Crippen LogP contribution >= 0.6 is 0 Å². The molecule has 23 heavy (non-hydrogen) atoms. The predicted octanol–water partition coefficient (Wildman–Crippen LogP) is 6.31. The van der Waals surface area contributed by atoms with Crippen molar-refractivity contribution in [3.05, 3.63) is 53.6 Å². The standard InChI is InChI=1S/C18H14N4O/c1-10-6-5-9-14(11(10)2)19-20-15-12-7-3-4-8-13(12)16-18(23)17(15)22-21-16/h3-9,23H,1-2H3. The number of benzene rings is 3. The Morgan fingerprint density at radius 2 is 1.57 bits per heavy atom. The monoisotopic (exact) mass is 302 g/mol. The van der Waals surface area contributed by atoms with Gasteiger partial charge in [-0.15, -0.1) is 15.3 Å². The van der Waals surface area contributed by atoms with Crippen LogP contribution < -0.4 is 0 Å². The van der Waals surface area contributed by atoms with E-state index in [1.807, 2.05) is 56.3 Å². The fourth-order valence-electron chi connectivity index (χ4n) is 2.72. The van der Waals surface area contributed by atoms with Crippen LogP contribution in [-0.4, -0.2) is 5.11 Å². The number of fused-ring (bicyclic) bond motifs is 4. The van der Waals surface area contributed by atoms with Crippen LogP contribution in [0.1, 0.15) is 11.1 Å². The maximum Gasteiger partial charge on any atom is 0.174 e. The normalized spacial score (nSPS) is 12.6. The quantitative estimate of drug-likeness (QED) is 0.433. The fourth-order valence-corrected chi connectivity index (χ4v) is 2.72. The molecule has 0 atom stereocenters. The number of phenolic OH excluding ortho intramolecular Hbond substituents is 1. The summed E-state index contributed by atoms with van der Waals surface area (Å²) in [5.41, 5.74) is 4.48. The number of aromatic hydroxyl groups is 1. The first-order valence-corrected chi connectivity index (χ1v) is 7.34. The van der Waals surface area contributed by atoms with E-state index in [2.05, 4.69) is 20.5 Å². The predicted molar refractivity (Wildman–Crippen MR) is 89.9 cm³/mol. The number of aryl methyl sites for hydroxylation is 1. The summed E-state index contributed by atoms with van der Waals surface area (Å²) in [4.78, 5) is 0. The zero-order chi connectivity index (χ0) is 16.0. The van der Waals surface area contributed by atoms with Crippen molar-refractivity contribution >= 4 is 33.5 Å². The van der Waals surface area contributed by atoms with Gasteiger partial charge in [0.2, 0.25) is 0 Å². The van der Waals surface area contributed by atoms with E-state index in [1.54, 1.807) is 0 Å². The molecule has 1 aliphatic rings. The van der Waals surface area contributed by atoms with Gasteiger partial charge in [0, 0.05) is 10.8 Å². The molecule has 0 unspecified atom stereocenters. The van der Waals surface area contributed by atoms with E-state index in [0.717, 1.165) is 27.6 Å². The summed E-state index contributed by atoms with van der Waals surface area (Å²) in [6, 6.07) is 13.6. The summed E-state index contributed by atoms with van der Waals surface area (Å²) < 4.78 is 0. The number of hydrogen-bond donors (Lipinski definition) is 1. The molecule has 0 fully saturated rings. The van der Waals surface area contributed by atoms with Gasteiger partial charge in [-0.2, -0.15) is 5.11 Å². The van der Waals surface area contributed by atoms with E-state index in [-0.39, 0.29) is 5.75 Å². The van der Waals surface area contributed by atoms with Crippen LogP contribution in [0.3, 0.4) is 0 Å². The lowest BCUT2D eigenvalue weighted by molar-refractivity contribution is 0.482. The van der Waals surface area contributed by atoms with E-state index in [9.17, 15) is 5.11 Å². The molecule has 0 aliphatic carbocycles. The Labute approximate surface area is 133 Å². The van der Waals surface area contributed by atoms with Crippen molar-refractivity contribution in [2.45, 2.75) is 13.8 Å². The van der Waals surface area contributed by atoms with Crippen LogP contribution in [0.25, 0.3) is 10.8 Å². The third-order valence-corrected chi connectivity index (χ3v) is 4.19.